The summed E-state index contributed by atoms with van der Waals surface area (Å²) < 4.78 is 3.31. The highest BCUT2D eigenvalue weighted by molar-refractivity contribution is 5.87. The van der Waals surface area contributed by atoms with Gasteiger partial charge in [0, 0.05) is 24.3 Å². The molecule has 0 aliphatic heterocycles. The molecule has 0 spiro atoms. The summed E-state index contributed by atoms with van der Waals surface area (Å²) in [5, 5.41) is 10.4. The highest BCUT2D eigenvalue weighted by atomic mass is 16.1. The zero-order valence-electron chi connectivity index (χ0n) is 13.5. The molecule has 0 saturated carbocycles. The predicted molar refractivity (Wildman–Crippen MR) is 91.9 cm³/mol. The summed E-state index contributed by atoms with van der Waals surface area (Å²) in [5.74, 6) is 0.707. The minimum atomic E-state index is -0.0213. The summed E-state index contributed by atoms with van der Waals surface area (Å²) in [7, 11) is 0. The average molecular weight is 310 g/mol. The topological polar surface area (TPSA) is 52.7 Å². The van der Waals surface area contributed by atoms with E-state index in [0.29, 0.717) is 17.7 Å². The van der Waals surface area contributed by atoms with Crippen LogP contribution in [0.2, 0.25) is 0 Å². The quantitative estimate of drug-likeness (QED) is 0.627. The molecule has 0 atom stereocenters. The zero-order valence-corrected chi connectivity index (χ0v) is 13.5. The molecule has 0 aliphatic carbocycles. The summed E-state index contributed by atoms with van der Waals surface area (Å²) in [5.41, 5.74) is -0.0213. The first-order chi connectivity index (χ1) is 11.3. The van der Waals surface area contributed by atoms with Crippen LogP contribution in [0.15, 0.2) is 47.5 Å². The number of nitrogens with zero attached hydrogens (tertiary/aromatic N) is 4. The zero-order chi connectivity index (χ0) is 16.1. The van der Waals surface area contributed by atoms with Crippen LogP contribution in [0, 0.1) is 0 Å². The Bertz CT molecular complexity index is 821. The molecule has 0 fully saturated rings. The van der Waals surface area contributed by atoms with E-state index >= 15 is 0 Å². The summed E-state index contributed by atoms with van der Waals surface area (Å²) in [6.07, 6.45) is 9.36. The molecular weight excluding hydrogens is 288 g/mol. The third-order valence-electron chi connectivity index (χ3n) is 4.04. The van der Waals surface area contributed by atoms with Gasteiger partial charge in [0.15, 0.2) is 5.82 Å². The lowest BCUT2D eigenvalue weighted by Crippen LogP contribution is -2.25. The van der Waals surface area contributed by atoms with Crippen molar-refractivity contribution < 1.29 is 0 Å². The predicted octanol–water partition coefficient (Wildman–Crippen LogP) is 3.55. The standard InChI is InChI=1S/C18H22N4O/c1-2-3-4-5-8-13-22-18(23)16-11-7-6-10-15(16)17(20-22)21-14-9-12-19-21/h6-7,9-12,14H,2-5,8,13H2,1H3. The SMILES string of the molecule is CCCCCCCn1nc(-n2cccn2)c2ccccc2c1=O. The van der Waals surface area contributed by atoms with Crippen LogP contribution in [0.4, 0.5) is 0 Å². The van der Waals surface area contributed by atoms with Gasteiger partial charge in [0.1, 0.15) is 0 Å². The van der Waals surface area contributed by atoms with Gasteiger partial charge in [0.05, 0.1) is 5.39 Å². The Kier molecular flexibility index (Phi) is 4.86. The fraction of sp³-hybridized carbons (Fsp3) is 0.389. The highest BCUT2D eigenvalue weighted by Crippen LogP contribution is 2.16. The van der Waals surface area contributed by atoms with Crippen LogP contribution in [0.5, 0.6) is 0 Å². The highest BCUT2D eigenvalue weighted by Gasteiger charge is 2.11. The number of aryl methyl sites for hydroxylation is 1. The summed E-state index contributed by atoms with van der Waals surface area (Å²) >= 11 is 0. The minimum Gasteiger partial charge on any atom is -0.267 e. The Morgan fingerprint density at radius 1 is 1.00 bits per heavy atom. The lowest BCUT2D eigenvalue weighted by Gasteiger charge is -2.11. The van der Waals surface area contributed by atoms with Crippen molar-refractivity contribution in [1.29, 1.82) is 0 Å². The van der Waals surface area contributed by atoms with E-state index in [1.807, 2.05) is 36.5 Å². The molecule has 3 aromatic rings. The Balaban J connectivity index is 1.95. The van der Waals surface area contributed by atoms with Gasteiger partial charge >= 0.3 is 0 Å². The second kappa shape index (κ2) is 7.22. The van der Waals surface area contributed by atoms with Crippen molar-refractivity contribution in [3.05, 3.63) is 53.1 Å². The molecule has 120 valence electrons. The molecule has 0 radical (unpaired) electrons. The van der Waals surface area contributed by atoms with Crippen LogP contribution in [-0.2, 0) is 6.54 Å². The van der Waals surface area contributed by atoms with Gasteiger partial charge in [-0.3, -0.25) is 4.79 Å². The van der Waals surface area contributed by atoms with E-state index in [-0.39, 0.29) is 5.56 Å². The van der Waals surface area contributed by atoms with E-state index in [9.17, 15) is 4.79 Å². The van der Waals surface area contributed by atoms with Gasteiger partial charge in [-0.2, -0.15) is 5.10 Å². The van der Waals surface area contributed by atoms with Crippen LogP contribution in [0.25, 0.3) is 16.6 Å². The summed E-state index contributed by atoms with van der Waals surface area (Å²) in [6.45, 7) is 2.85. The normalized spacial score (nSPS) is 11.2. The van der Waals surface area contributed by atoms with Crippen molar-refractivity contribution in [2.75, 3.05) is 0 Å². The summed E-state index contributed by atoms with van der Waals surface area (Å²) in [6, 6.07) is 9.46. The van der Waals surface area contributed by atoms with Gasteiger partial charge in [0.2, 0.25) is 0 Å². The number of unbranched alkanes of at least 4 members (excludes halogenated alkanes) is 4. The molecule has 0 amide bonds. The molecule has 2 heterocycles. The molecule has 2 aromatic heterocycles. The Morgan fingerprint density at radius 3 is 2.52 bits per heavy atom. The van der Waals surface area contributed by atoms with E-state index in [2.05, 4.69) is 17.1 Å². The van der Waals surface area contributed by atoms with Gasteiger partial charge in [0.25, 0.3) is 5.56 Å². The maximum Gasteiger partial charge on any atom is 0.274 e. The first kappa shape index (κ1) is 15.5. The van der Waals surface area contributed by atoms with E-state index in [4.69, 9.17) is 0 Å². The number of benzene rings is 1. The Labute approximate surface area is 135 Å². The largest absolute Gasteiger partial charge is 0.274 e. The van der Waals surface area contributed by atoms with E-state index in [1.165, 1.54) is 19.3 Å². The van der Waals surface area contributed by atoms with Crippen molar-refractivity contribution >= 4 is 10.8 Å². The molecule has 0 saturated heterocycles. The lowest BCUT2D eigenvalue weighted by atomic mass is 10.1. The number of aromatic nitrogens is 4. The first-order valence-corrected chi connectivity index (χ1v) is 8.31. The maximum absolute atomic E-state index is 12.6. The maximum atomic E-state index is 12.6. The molecule has 0 bridgehead atoms. The molecule has 0 unspecified atom stereocenters. The second-order valence-electron chi connectivity index (χ2n) is 5.76. The van der Waals surface area contributed by atoms with Crippen LogP contribution in [0.1, 0.15) is 39.0 Å². The van der Waals surface area contributed by atoms with Crippen LogP contribution in [-0.4, -0.2) is 19.6 Å². The van der Waals surface area contributed by atoms with Gasteiger partial charge in [-0.25, -0.2) is 9.36 Å². The van der Waals surface area contributed by atoms with E-state index in [1.54, 1.807) is 15.6 Å². The fourth-order valence-corrected chi connectivity index (χ4v) is 2.80. The monoisotopic (exact) mass is 310 g/mol. The number of rotatable bonds is 7. The fourth-order valence-electron chi connectivity index (χ4n) is 2.80. The van der Waals surface area contributed by atoms with Crippen LogP contribution >= 0.6 is 0 Å². The molecule has 0 N–H and O–H groups in total. The number of fused-ring (bicyclic) bond motifs is 1. The third kappa shape index (κ3) is 3.33. The van der Waals surface area contributed by atoms with Crippen molar-refractivity contribution in [2.24, 2.45) is 0 Å². The van der Waals surface area contributed by atoms with Gasteiger partial charge in [-0.15, -0.1) is 5.10 Å². The molecule has 3 rings (SSSR count). The average Bonchev–Trinajstić information content (AvgIpc) is 3.11. The third-order valence-corrected chi connectivity index (χ3v) is 4.04. The van der Waals surface area contributed by atoms with Crippen LogP contribution < -0.4 is 5.56 Å². The first-order valence-electron chi connectivity index (χ1n) is 8.31. The molecule has 5 heteroatoms. The second-order valence-corrected chi connectivity index (χ2v) is 5.76. The van der Waals surface area contributed by atoms with E-state index in [0.717, 1.165) is 18.2 Å². The van der Waals surface area contributed by atoms with Gasteiger partial charge < -0.3 is 0 Å². The van der Waals surface area contributed by atoms with Crippen molar-refractivity contribution in [1.82, 2.24) is 19.6 Å². The van der Waals surface area contributed by atoms with E-state index < -0.39 is 0 Å². The van der Waals surface area contributed by atoms with Gasteiger partial charge in [-0.05, 0) is 18.6 Å². The van der Waals surface area contributed by atoms with Crippen LogP contribution in [0.3, 0.4) is 0 Å². The molecule has 1 aromatic carbocycles. The Morgan fingerprint density at radius 2 is 1.78 bits per heavy atom. The minimum absolute atomic E-state index is 0.0213. The summed E-state index contributed by atoms with van der Waals surface area (Å²) in [4.78, 5) is 12.6. The Hall–Kier alpha value is -2.43. The number of hydrogen-bond donors (Lipinski definition) is 0. The lowest BCUT2D eigenvalue weighted by molar-refractivity contribution is 0.512. The number of hydrogen-bond acceptors (Lipinski definition) is 3. The molecular formula is C18H22N4O. The van der Waals surface area contributed by atoms with Crippen molar-refractivity contribution in [2.45, 2.75) is 45.6 Å². The molecule has 23 heavy (non-hydrogen) atoms. The smallest absolute Gasteiger partial charge is 0.267 e. The van der Waals surface area contributed by atoms with Gasteiger partial charge in [-0.1, -0.05) is 50.8 Å². The van der Waals surface area contributed by atoms with Crippen molar-refractivity contribution in [3.63, 3.8) is 0 Å². The molecule has 5 nitrogen and oxygen atoms in total. The molecule has 0 aliphatic rings. The van der Waals surface area contributed by atoms with Crippen molar-refractivity contribution in [3.8, 4) is 5.82 Å².